The van der Waals surface area contributed by atoms with Crippen LogP contribution in [0.4, 0.5) is 4.39 Å². The Morgan fingerprint density at radius 1 is 1.31 bits per heavy atom. The number of hydrogen-bond donors (Lipinski definition) is 0. The van der Waals surface area contributed by atoms with Crippen molar-refractivity contribution in [2.24, 2.45) is 0 Å². The van der Waals surface area contributed by atoms with Crippen LogP contribution >= 0.6 is 11.3 Å². The molecule has 0 aliphatic rings. The Labute approximate surface area is 98.4 Å². The van der Waals surface area contributed by atoms with Gasteiger partial charge in [-0.2, -0.15) is 0 Å². The van der Waals surface area contributed by atoms with Crippen LogP contribution in [-0.2, 0) is 13.1 Å². The smallest absolute Gasteiger partial charge is 0.127 e. The molecule has 2 rings (SSSR count). The highest BCUT2D eigenvalue weighted by molar-refractivity contribution is 7.07. The van der Waals surface area contributed by atoms with Gasteiger partial charge in [-0.1, -0.05) is 18.2 Å². The first-order valence-electron chi connectivity index (χ1n) is 5.04. The maximum atomic E-state index is 13.4. The molecule has 0 unspecified atom stereocenters. The van der Waals surface area contributed by atoms with Gasteiger partial charge in [0.1, 0.15) is 5.82 Å². The molecule has 0 atom stereocenters. The Bertz CT molecular complexity index is 442. The van der Waals surface area contributed by atoms with Crippen molar-refractivity contribution in [3.8, 4) is 0 Å². The zero-order valence-corrected chi connectivity index (χ0v) is 9.88. The summed E-state index contributed by atoms with van der Waals surface area (Å²) in [6.45, 7) is 1.35. The van der Waals surface area contributed by atoms with Gasteiger partial charge in [-0.3, -0.25) is 4.90 Å². The quantitative estimate of drug-likeness (QED) is 0.811. The highest BCUT2D eigenvalue weighted by Crippen LogP contribution is 2.11. The predicted molar refractivity (Wildman–Crippen MR) is 63.7 cm³/mol. The summed E-state index contributed by atoms with van der Waals surface area (Å²) in [7, 11) is 1.96. The predicted octanol–water partition coefficient (Wildman–Crippen LogP) is 2.91. The van der Waals surface area contributed by atoms with E-state index in [1.165, 1.54) is 6.07 Å². The van der Waals surface area contributed by atoms with Crippen LogP contribution in [0.15, 0.2) is 35.2 Å². The van der Waals surface area contributed by atoms with Gasteiger partial charge in [-0.25, -0.2) is 9.37 Å². The molecule has 0 N–H and O–H groups in total. The van der Waals surface area contributed by atoms with Crippen LogP contribution in [0.5, 0.6) is 0 Å². The van der Waals surface area contributed by atoms with E-state index in [9.17, 15) is 4.39 Å². The van der Waals surface area contributed by atoms with Crippen LogP contribution in [0.1, 0.15) is 11.3 Å². The van der Waals surface area contributed by atoms with Crippen molar-refractivity contribution in [1.82, 2.24) is 9.88 Å². The van der Waals surface area contributed by atoms with Gasteiger partial charge >= 0.3 is 0 Å². The van der Waals surface area contributed by atoms with E-state index in [4.69, 9.17) is 0 Å². The van der Waals surface area contributed by atoms with E-state index < -0.39 is 0 Å². The number of aromatic nitrogens is 1. The van der Waals surface area contributed by atoms with Gasteiger partial charge in [0.15, 0.2) is 0 Å². The molecule has 0 saturated carbocycles. The molecule has 2 aromatic rings. The topological polar surface area (TPSA) is 16.1 Å². The molecule has 1 aromatic carbocycles. The summed E-state index contributed by atoms with van der Waals surface area (Å²) in [5.41, 5.74) is 3.57. The van der Waals surface area contributed by atoms with Crippen molar-refractivity contribution < 1.29 is 4.39 Å². The van der Waals surface area contributed by atoms with Crippen LogP contribution in [-0.4, -0.2) is 16.9 Å². The summed E-state index contributed by atoms with van der Waals surface area (Å²) in [5.74, 6) is -0.146. The van der Waals surface area contributed by atoms with E-state index in [0.717, 1.165) is 17.8 Å². The number of hydrogen-bond acceptors (Lipinski definition) is 3. The number of benzene rings is 1. The number of nitrogens with zero attached hydrogens (tertiary/aromatic N) is 2. The molecule has 16 heavy (non-hydrogen) atoms. The summed E-state index contributed by atoms with van der Waals surface area (Å²) in [4.78, 5) is 6.25. The van der Waals surface area contributed by atoms with Gasteiger partial charge < -0.3 is 0 Å². The van der Waals surface area contributed by atoms with Gasteiger partial charge in [0.25, 0.3) is 0 Å². The van der Waals surface area contributed by atoms with E-state index in [1.807, 2.05) is 35.0 Å². The van der Waals surface area contributed by atoms with E-state index in [2.05, 4.69) is 4.98 Å². The summed E-state index contributed by atoms with van der Waals surface area (Å²) in [5, 5.41) is 2.01. The summed E-state index contributed by atoms with van der Waals surface area (Å²) >= 11 is 1.58. The number of halogens is 1. The minimum atomic E-state index is -0.146. The molecule has 4 heteroatoms. The van der Waals surface area contributed by atoms with Crippen LogP contribution in [0.2, 0.25) is 0 Å². The highest BCUT2D eigenvalue weighted by Gasteiger charge is 2.06. The molecule has 2 nitrogen and oxygen atoms in total. The molecular weight excluding hydrogens is 223 g/mol. The van der Waals surface area contributed by atoms with Crippen molar-refractivity contribution in [3.05, 3.63) is 52.2 Å². The van der Waals surface area contributed by atoms with Crippen LogP contribution in [0.25, 0.3) is 0 Å². The van der Waals surface area contributed by atoms with Crippen molar-refractivity contribution in [2.45, 2.75) is 13.1 Å². The summed E-state index contributed by atoms with van der Waals surface area (Å²) in [6, 6.07) is 6.87. The molecule has 0 fully saturated rings. The van der Waals surface area contributed by atoms with E-state index in [0.29, 0.717) is 6.54 Å². The minimum absolute atomic E-state index is 0.146. The Hall–Kier alpha value is -1.26. The lowest BCUT2D eigenvalue weighted by Crippen LogP contribution is -2.18. The standard InChI is InChI=1S/C12H13FN2S/c1-15(7-11-8-16-9-14-11)6-10-4-2-3-5-12(10)13/h2-5,8-9H,6-7H2,1H3. The molecule has 0 saturated heterocycles. The highest BCUT2D eigenvalue weighted by atomic mass is 32.1. The molecule has 0 aliphatic heterocycles. The fourth-order valence-corrected chi connectivity index (χ4v) is 2.12. The first kappa shape index (κ1) is 11.2. The second-order valence-corrected chi connectivity index (χ2v) is 4.46. The molecule has 0 bridgehead atoms. The van der Waals surface area contributed by atoms with Gasteiger partial charge in [0.2, 0.25) is 0 Å². The Balaban J connectivity index is 1.97. The molecular formula is C12H13FN2S. The zero-order chi connectivity index (χ0) is 11.4. The van der Waals surface area contributed by atoms with Crippen molar-refractivity contribution in [2.75, 3.05) is 7.05 Å². The monoisotopic (exact) mass is 236 g/mol. The normalized spacial score (nSPS) is 10.9. The van der Waals surface area contributed by atoms with Gasteiger partial charge in [0.05, 0.1) is 11.2 Å². The van der Waals surface area contributed by atoms with Crippen LogP contribution in [0.3, 0.4) is 0 Å². The molecule has 0 spiro atoms. The fourth-order valence-electron chi connectivity index (χ4n) is 1.57. The molecule has 1 aromatic heterocycles. The van der Waals surface area contributed by atoms with Crippen molar-refractivity contribution in [3.63, 3.8) is 0 Å². The average molecular weight is 236 g/mol. The third-order valence-corrected chi connectivity index (χ3v) is 2.95. The maximum absolute atomic E-state index is 13.4. The zero-order valence-electron chi connectivity index (χ0n) is 9.06. The molecule has 0 radical (unpaired) electrons. The second kappa shape index (κ2) is 5.18. The van der Waals surface area contributed by atoms with Gasteiger partial charge in [-0.05, 0) is 13.1 Å². The molecule has 0 amide bonds. The SMILES string of the molecule is CN(Cc1cscn1)Cc1ccccc1F. The molecule has 0 aliphatic carbocycles. The third-order valence-electron chi connectivity index (χ3n) is 2.31. The second-order valence-electron chi connectivity index (χ2n) is 3.74. The lowest BCUT2D eigenvalue weighted by atomic mass is 10.2. The lowest BCUT2D eigenvalue weighted by Gasteiger charge is -2.15. The number of rotatable bonds is 4. The van der Waals surface area contributed by atoms with E-state index in [-0.39, 0.29) is 5.82 Å². The average Bonchev–Trinajstić information content (AvgIpc) is 2.74. The Morgan fingerprint density at radius 3 is 2.81 bits per heavy atom. The Kier molecular flexibility index (Phi) is 3.64. The van der Waals surface area contributed by atoms with Crippen LogP contribution < -0.4 is 0 Å². The first-order chi connectivity index (χ1) is 7.75. The van der Waals surface area contributed by atoms with Crippen molar-refractivity contribution >= 4 is 11.3 Å². The first-order valence-corrected chi connectivity index (χ1v) is 5.99. The largest absolute Gasteiger partial charge is 0.296 e. The van der Waals surface area contributed by atoms with Crippen LogP contribution in [0, 0.1) is 5.82 Å². The summed E-state index contributed by atoms with van der Waals surface area (Å²) < 4.78 is 13.4. The van der Waals surface area contributed by atoms with Gasteiger partial charge in [0, 0.05) is 24.0 Å². The number of thiazole rings is 1. The van der Waals surface area contributed by atoms with Crippen molar-refractivity contribution in [1.29, 1.82) is 0 Å². The Morgan fingerprint density at radius 2 is 2.12 bits per heavy atom. The minimum Gasteiger partial charge on any atom is -0.296 e. The lowest BCUT2D eigenvalue weighted by molar-refractivity contribution is 0.310. The fraction of sp³-hybridized carbons (Fsp3) is 0.250. The van der Waals surface area contributed by atoms with Gasteiger partial charge in [-0.15, -0.1) is 11.3 Å². The molecule has 1 heterocycles. The summed E-state index contributed by atoms with van der Waals surface area (Å²) in [6.07, 6.45) is 0. The van der Waals surface area contributed by atoms with E-state index in [1.54, 1.807) is 17.4 Å². The molecule has 84 valence electrons. The van der Waals surface area contributed by atoms with E-state index >= 15 is 0 Å². The third kappa shape index (κ3) is 2.87. The maximum Gasteiger partial charge on any atom is 0.127 e.